The number of sulfonamides is 1. The average molecular weight is 367 g/mol. The molecule has 0 saturated carbocycles. The summed E-state index contributed by atoms with van der Waals surface area (Å²) >= 11 is 0. The topological polar surface area (TPSA) is 105 Å². The molecule has 0 bridgehead atoms. The fourth-order valence-corrected chi connectivity index (χ4v) is 4.83. The van der Waals surface area contributed by atoms with Crippen molar-refractivity contribution in [2.24, 2.45) is 5.92 Å². The van der Waals surface area contributed by atoms with E-state index in [0.717, 1.165) is 6.42 Å². The molecule has 0 aromatic heterocycles. The number of imide groups is 1. The van der Waals surface area contributed by atoms with Crippen molar-refractivity contribution in [1.29, 1.82) is 0 Å². The molecule has 0 aliphatic carbocycles. The highest BCUT2D eigenvalue weighted by Crippen LogP contribution is 2.35. The molecule has 8 nitrogen and oxygen atoms in total. The lowest BCUT2D eigenvalue weighted by atomic mass is 9.91. The molecule has 3 amide bonds. The summed E-state index contributed by atoms with van der Waals surface area (Å²) in [7, 11) is -2.25. The summed E-state index contributed by atoms with van der Waals surface area (Å²) < 4.78 is 32.5. The highest BCUT2D eigenvalue weighted by atomic mass is 32.2. The van der Waals surface area contributed by atoms with Crippen LogP contribution in [0.15, 0.2) is 23.1 Å². The quantitative estimate of drug-likeness (QED) is 0.765. The zero-order chi connectivity index (χ0) is 18.4. The molecule has 1 aromatic rings. The van der Waals surface area contributed by atoms with Crippen molar-refractivity contribution in [3.05, 3.63) is 23.8 Å². The van der Waals surface area contributed by atoms with E-state index >= 15 is 0 Å². The van der Waals surface area contributed by atoms with Crippen molar-refractivity contribution < 1.29 is 22.7 Å². The first-order valence-corrected chi connectivity index (χ1v) is 9.45. The number of ether oxygens (including phenoxy) is 1. The number of methoxy groups -OCH3 is 1. The number of rotatable bonds is 4. The molecule has 2 saturated heterocycles. The van der Waals surface area contributed by atoms with Crippen LogP contribution in [0.3, 0.4) is 0 Å². The van der Waals surface area contributed by atoms with Gasteiger partial charge in [0.2, 0.25) is 10.0 Å². The minimum atomic E-state index is -3.67. The van der Waals surface area contributed by atoms with Gasteiger partial charge in [0.15, 0.2) is 0 Å². The van der Waals surface area contributed by atoms with Gasteiger partial charge in [-0.05, 0) is 37.5 Å². The van der Waals surface area contributed by atoms with Crippen LogP contribution in [0.4, 0.5) is 4.79 Å². The summed E-state index contributed by atoms with van der Waals surface area (Å²) in [5.41, 5.74) is -1.10. The minimum absolute atomic E-state index is 0.0765. The van der Waals surface area contributed by atoms with Crippen LogP contribution in [0.25, 0.3) is 0 Å². The highest BCUT2D eigenvalue weighted by Gasteiger charge is 2.46. The average Bonchev–Trinajstić information content (AvgIpc) is 3.11. The third-order valence-corrected chi connectivity index (χ3v) is 6.64. The van der Waals surface area contributed by atoms with Crippen LogP contribution in [-0.2, 0) is 20.4 Å². The first-order valence-electron chi connectivity index (χ1n) is 8.00. The van der Waals surface area contributed by atoms with Gasteiger partial charge in [0, 0.05) is 18.7 Å². The van der Waals surface area contributed by atoms with E-state index in [-0.39, 0.29) is 4.90 Å². The third kappa shape index (κ3) is 2.87. The van der Waals surface area contributed by atoms with Crippen molar-refractivity contribution in [2.45, 2.75) is 30.7 Å². The molecule has 0 unspecified atom stereocenters. The lowest BCUT2D eigenvalue weighted by Crippen LogP contribution is -2.41. The highest BCUT2D eigenvalue weighted by molar-refractivity contribution is 7.89. The van der Waals surface area contributed by atoms with Crippen LogP contribution >= 0.6 is 0 Å². The van der Waals surface area contributed by atoms with Crippen LogP contribution in [0.5, 0.6) is 5.75 Å². The van der Waals surface area contributed by atoms with Gasteiger partial charge in [-0.15, -0.1) is 0 Å². The van der Waals surface area contributed by atoms with Crippen LogP contribution in [-0.4, -0.2) is 44.9 Å². The van der Waals surface area contributed by atoms with E-state index in [1.54, 1.807) is 0 Å². The molecular weight excluding hydrogens is 346 g/mol. The molecular formula is C16H21N3O5S. The Bertz CT molecular complexity index is 838. The van der Waals surface area contributed by atoms with Crippen molar-refractivity contribution >= 4 is 22.0 Å². The van der Waals surface area contributed by atoms with Crippen molar-refractivity contribution in [2.75, 3.05) is 20.2 Å². The fourth-order valence-electron chi connectivity index (χ4n) is 3.23. The van der Waals surface area contributed by atoms with Gasteiger partial charge in [0.25, 0.3) is 5.91 Å². The standard InChI is InChI=1S/C16H21N3O5S/c1-10-6-7-19(9-10)25(22,23)11-4-5-13(24-3)12(8-11)16(2)14(20)17-15(21)18-16/h4-5,8,10H,6-7,9H2,1-3H3,(H2,17,18,20,21)/t10-,16+/m1/s1. The van der Waals surface area contributed by atoms with E-state index in [9.17, 15) is 18.0 Å². The number of carbonyl (C=O) groups excluding carboxylic acids is 2. The number of carbonyl (C=O) groups is 2. The monoisotopic (exact) mass is 367 g/mol. The van der Waals surface area contributed by atoms with Crippen molar-refractivity contribution in [3.8, 4) is 5.75 Å². The van der Waals surface area contributed by atoms with E-state index < -0.39 is 27.5 Å². The Kier molecular flexibility index (Phi) is 4.24. The molecule has 1 aromatic carbocycles. The van der Waals surface area contributed by atoms with E-state index in [1.165, 1.54) is 36.5 Å². The maximum Gasteiger partial charge on any atom is 0.322 e. The van der Waals surface area contributed by atoms with Crippen LogP contribution in [0, 0.1) is 5.92 Å². The van der Waals surface area contributed by atoms with Gasteiger partial charge in [-0.1, -0.05) is 6.92 Å². The minimum Gasteiger partial charge on any atom is -0.496 e. The Morgan fingerprint density at radius 3 is 2.56 bits per heavy atom. The molecule has 2 aliphatic rings. The van der Waals surface area contributed by atoms with E-state index in [4.69, 9.17) is 4.74 Å². The Morgan fingerprint density at radius 1 is 1.32 bits per heavy atom. The molecule has 0 spiro atoms. The molecule has 0 radical (unpaired) electrons. The Morgan fingerprint density at radius 2 is 2.04 bits per heavy atom. The summed E-state index contributed by atoms with van der Waals surface area (Å²) in [6.45, 7) is 4.46. The van der Waals surface area contributed by atoms with Crippen LogP contribution in [0.1, 0.15) is 25.8 Å². The molecule has 2 heterocycles. The molecule has 2 aliphatic heterocycles. The fraction of sp³-hybridized carbons (Fsp3) is 0.500. The number of amides is 3. The molecule has 25 heavy (non-hydrogen) atoms. The zero-order valence-corrected chi connectivity index (χ0v) is 15.1. The number of benzene rings is 1. The van der Waals surface area contributed by atoms with Crippen LogP contribution in [0.2, 0.25) is 0 Å². The van der Waals surface area contributed by atoms with E-state index in [1.807, 2.05) is 6.92 Å². The Labute approximate surface area is 146 Å². The SMILES string of the molecule is COc1ccc(S(=O)(=O)N2CC[C@@H](C)C2)cc1[C@]1(C)NC(=O)NC1=O. The maximum absolute atomic E-state index is 12.9. The summed E-state index contributed by atoms with van der Waals surface area (Å²) in [4.78, 5) is 23.9. The molecule has 2 atom stereocenters. The van der Waals surface area contributed by atoms with Gasteiger partial charge in [-0.2, -0.15) is 4.31 Å². The molecule has 3 rings (SSSR count). The van der Waals surface area contributed by atoms with Gasteiger partial charge >= 0.3 is 6.03 Å². The lowest BCUT2D eigenvalue weighted by molar-refractivity contribution is -0.123. The second-order valence-electron chi connectivity index (χ2n) is 6.65. The third-order valence-electron chi connectivity index (χ3n) is 4.78. The zero-order valence-electron chi connectivity index (χ0n) is 14.3. The summed E-state index contributed by atoms with van der Waals surface area (Å²) in [5.74, 6) is 0.0821. The van der Waals surface area contributed by atoms with E-state index in [2.05, 4.69) is 10.6 Å². The lowest BCUT2D eigenvalue weighted by Gasteiger charge is -2.25. The number of nitrogens with zero attached hydrogens (tertiary/aromatic N) is 1. The number of urea groups is 1. The first-order chi connectivity index (χ1) is 11.7. The second-order valence-corrected chi connectivity index (χ2v) is 8.59. The predicted octanol–water partition coefficient (Wildman–Crippen LogP) is 0.780. The van der Waals surface area contributed by atoms with Crippen molar-refractivity contribution in [1.82, 2.24) is 14.9 Å². The molecule has 136 valence electrons. The molecule has 2 fully saturated rings. The molecule has 2 N–H and O–H groups in total. The normalized spacial score (nSPS) is 27.2. The number of nitrogens with one attached hydrogen (secondary N) is 2. The smallest absolute Gasteiger partial charge is 0.322 e. The number of hydrogen-bond donors (Lipinski definition) is 2. The summed E-state index contributed by atoms with van der Waals surface area (Å²) in [6, 6.07) is 3.74. The number of hydrogen-bond acceptors (Lipinski definition) is 5. The Balaban J connectivity index is 2.07. The maximum atomic E-state index is 12.9. The molecule has 9 heteroatoms. The van der Waals surface area contributed by atoms with Gasteiger partial charge in [0.05, 0.1) is 12.0 Å². The van der Waals surface area contributed by atoms with Gasteiger partial charge in [0.1, 0.15) is 11.3 Å². The Hall–Kier alpha value is -2.13. The van der Waals surface area contributed by atoms with E-state index in [0.29, 0.717) is 30.3 Å². The first kappa shape index (κ1) is 17.7. The van der Waals surface area contributed by atoms with Crippen molar-refractivity contribution in [3.63, 3.8) is 0 Å². The van der Waals surface area contributed by atoms with Gasteiger partial charge < -0.3 is 10.1 Å². The van der Waals surface area contributed by atoms with Gasteiger partial charge in [-0.25, -0.2) is 13.2 Å². The predicted molar refractivity (Wildman–Crippen MR) is 89.6 cm³/mol. The largest absolute Gasteiger partial charge is 0.496 e. The second kappa shape index (κ2) is 5.99. The summed E-state index contributed by atoms with van der Waals surface area (Å²) in [6.07, 6.45) is 0.818. The summed E-state index contributed by atoms with van der Waals surface area (Å²) in [5, 5.41) is 4.71. The van der Waals surface area contributed by atoms with Gasteiger partial charge in [-0.3, -0.25) is 10.1 Å². The van der Waals surface area contributed by atoms with Crippen LogP contribution < -0.4 is 15.4 Å².